The third kappa shape index (κ3) is 4.21. The predicted octanol–water partition coefficient (Wildman–Crippen LogP) is 3.76. The number of hydrogen-bond acceptors (Lipinski definition) is 8. The van der Waals surface area contributed by atoms with Crippen LogP contribution in [0.15, 0.2) is 36.7 Å². The van der Waals surface area contributed by atoms with E-state index in [0.29, 0.717) is 30.7 Å². The van der Waals surface area contributed by atoms with E-state index >= 15 is 0 Å². The standard InChI is InChI=1S/C24H27ClN6O2/c1-15-9-21(31-5-7-33-8-6-31)18(25)11-20(15)30-23-26-4-3-19(29-23)16-10-17-22(27-12-16)28-13-24(17,2)14-32/h3-4,9-12,32H,5-8,13-14H2,1-2H3,(H,27,28)(H,26,29,30). The average Bonchev–Trinajstić information content (AvgIpc) is 3.18. The summed E-state index contributed by atoms with van der Waals surface area (Å²) >= 11 is 6.62. The van der Waals surface area contributed by atoms with Crippen LogP contribution in [0.1, 0.15) is 18.1 Å². The van der Waals surface area contributed by atoms with Crippen molar-refractivity contribution < 1.29 is 9.84 Å². The monoisotopic (exact) mass is 466 g/mol. The Bertz CT molecular complexity index is 1180. The first-order valence-electron chi connectivity index (χ1n) is 11.1. The Hall–Kier alpha value is -2.94. The third-order valence-corrected chi connectivity index (χ3v) is 6.68. The number of fused-ring (bicyclic) bond motifs is 1. The number of aromatic nitrogens is 3. The normalized spacial score (nSPS) is 19.8. The van der Waals surface area contributed by atoms with E-state index in [1.807, 2.05) is 32.0 Å². The van der Waals surface area contributed by atoms with Crippen LogP contribution in [0.4, 0.5) is 23.1 Å². The van der Waals surface area contributed by atoms with Crippen LogP contribution >= 0.6 is 11.6 Å². The van der Waals surface area contributed by atoms with Gasteiger partial charge in [-0.3, -0.25) is 0 Å². The molecular formula is C24H27ClN6O2. The maximum atomic E-state index is 9.87. The summed E-state index contributed by atoms with van der Waals surface area (Å²) < 4.78 is 5.45. The molecule has 0 radical (unpaired) electrons. The van der Waals surface area contributed by atoms with Gasteiger partial charge < -0.3 is 25.4 Å². The number of ether oxygens (including phenoxy) is 1. The van der Waals surface area contributed by atoms with Crippen molar-refractivity contribution in [1.82, 2.24) is 15.0 Å². The Morgan fingerprint density at radius 1 is 1.24 bits per heavy atom. The zero-order chi connectivity index (χ0) is 23.0. The van der Waals surface area contributed by atoms with Gasteiger partial charge in [-0.2, -0.15) is 0 Å². The van der Waals surface area contributed by atoms with Crippen LogP contribution in [-0.2, 0) is 10.2 Å². The van der Waals surface area contributed by atoms with Gasteiger partial charge in [-0.25, -0.2) is 15.0 Å². The average molecular weight is 467 g/mol. The largest absolute Gasteiger partial charge is 0.395 e. The van der Waals surface area contributed by atoms with Crippen molar-refractivity contribution in [3.8, 4) is 11.3 Å². The third-order valence-electron chi connectivity index (χ3n) is 6.38. The molecule has 1 unspecified atom stereocenters. The minimum atomic E-state index is -0.359. The van der Waals surface area contributed by atoms with Gasteiger partial charge in [-0.15, -0.1) is 0 Å². The molecule has 8 nitrogen and oxygen atoms in total. The molecule has 0 spiro atoms. The number of benzene rings is 1. The highest BCUT2D eigenvalue weighted by Gasteiger charge is 2.35. The molecule has 0 aliphatic carbocycles. The molecule has 172 valence electrons. The molecule has 0 amide bonds. The van der Waals surface area contributed by atoms with Crippen molar-refractivity contribution in [2.75, 3.05) is 55.0 Å². The lowest BCUT2D eigenvalue weighted by molar-refractivity contribution is 0.122. The lowest BCUT2D eigenvalue weighted by atomic mass is 9.85. The quantitative estimate of drug-likeness (QED) is 0.523. The molecule has 9 heteroatoms. The molecule has 1 saturated heterocycles. The summed E-state index contributed by atoms with van der Waals surface area (Å²) in [5, 5.41) is 17.1. The fourth-order valence-corrected chi connectivity index (χ4v) is 4.55. The second-order valence-electron chi connectivity index (χ2n) is 8.80. The number of hydrogen-bond donors (Lipinski definition) is 3. The molecule has 1 aromatic carbocycles. The number of morpholine rings is 1. The topological polar surface area (TPSA) is 95.4 Å². The summed E-state index contributed by atoms with van der Waals surface area (Å²) in [5.74, 6) is 1.29. The first-order valence-corrected chi connectivity index (χ1v) is 11.4. The van der Waals surface area contributed by atoms with E-state index in [1.165, 1.54) is 0 Å². The summed E-state index contributed by atoms with van der Waals surface area (Å²) in [4.78, 5) is 15.9. The molecule has 2 aliphatic rings. The number of pyridine rings is 1. The molecule has 4 heterocycles. The second kappa shape index (κ2) is 8.78. The summed E-state index contributed by atoms with van der Waals surface area (Å²) in [7, 11) is 0. The van der Waals surface area contributed by atoms with E-state index in [9.17, 15) is 5.11 Å². The van der Waals surface area contributed by atoms with E-state index < -0.39 is 0 Å². The lowest BCUT2D eigenvalue weighted by Gasteiger charge is -2.30. The molecule has 5 rings (SSSR count). The second-order valence-corrected chi connectivity index (χ2v) is 9.21. The van der Waals surface area contributed by atoms with Crippen LogP contribution in [0.2, 0.25) is 5.02 Å². The number of anilines is 4. The van der Waals surface area contributed by atoms with Crippen LogP contribution in [-0.4, -0.2) is 59.5 Å². The van der Waals surface area contributed by atoms with Gasteiger partial charge in [-0.1, -0.05) is 18.5 Å². The Kier molecular flexibility index (Phi) is 5.82. The molecule has 33 heavy (non-hydrogen) atoms. The summed E-state index contributed by atoms with van der Waals surface area (Å²) in [6, 6.07) is 7.92. The van der Waals surface area contributed by atoms with Gasteiger partial charge in [0.2, 0.25) is 5.95 Å². The Balaban J connectivity index is 1.41. The number of nitrogens with zero attached hydrogens (tertiary/aromatic N) is 4. The van der Waals surface area contributed by atoms with E-state index in [4.69, 9.17) is 21.3 Å². The number of halogens is 1. The molecule has 2 aliphatic heterocycles. The van der Waals surface area contributed by atoms with Gasteiger partial charge >= 0.3 is 0 Å². The Morgan fingerprint density at radius 3 is 2.85 bits per heavy atom. The molecule has 0 bridgehead atoms. The molecule has 0 saturated carbocycles. The maximum absolute atomic E-state index is 9.87. The molecular weight excluding hydrogens is 440 g/mol. The van der Waals surface area contributed by atoms with Crippen LogP contribution in [0.25, 0.3) is 11.3 Å². The molecule has 3 aromatic rings. The first kappa shape index (κ1) is 21.9. The highest BCUT2D eigenvalue weighted by atomic mass is 35.5. The molecule has 1 atom stereocenters. The van der Waals surface area contributed by atoms with Gasteiger partial charge in [0.15, 0.2) is 0 Å². The molecule has 1 fully saturated rings. The highest BCUT2D eigenvalue weighted by molar-refractivity contribution is 6.33. The number of aliphatic hydroxyl groups excluding tert-OH is 1. The fourth-order valence-electron chi connectivity index (χ4n) is 4.27. The predicted molar refractivity (Wildman–Crippen MR) is 131 cm³/mol. The lowest BCUT2D eigenvalue weighted by Crippen LogP contribution is -2.36. The van der Waals surface area contributed by atoms with E-state index in [1.54, 1.807) is 12.4 Å². The zero-order valence-corrected chi connectivity index (χ0v) is 19.5. The van der Waals surface area contributed by atoms with Crippen LogP contribution in [0.5, 0.6) is 0 Å². The van der Waals surface area contributed by atoms with Gasteiger partial charge in [0, 0.05) is 54.3 Å². The summed E-state index contributed by atoms with van der Waals surface area (Å²) in [6.07, 6.45) is 3.51. The van der Waals surface area contributed by atoms with Gasteiger partial charge in [0.05, 0.1) is 36.2 Å². The minimum Gasteiger partial charge on any atom is -0.395 e. The van der Waals surface area contributed by atoms with Crippen molar-refractivity contribution in [1.29, 1.82) is 0 Å². The number of rotatable bonds is 5. The van der Waals surface area contributed by atoms with Crippen LogP contribution < -0.4 is 15.5 Å². The molecule has 2 aromatic heterocycles. The highest BCUT2D eigenvalue weighted by Crippen LogP contribution is 2.37. The van der Waals surface area contributed by atoms with E-state index in [2.05, 4.69) is 31.6 Å². The first-order chi connectivity index (χ1) is 16.0. The van der Waals surface area contributed by atoms with Crippen molar-refractivity contribution in [3.05, 3.63) is 52.8 Å². The Labute approximate surface area is 198 Å². The van der Waals surface area contributed by atoms with Crippen LogP contribution in [0, 0.1) is 6.92 Å². The smallest absolute Gasteiger partial charge is 0.227 e. The summed E-state index contributed by atoms with van der Waals surface area (Å²) in [5.41, 5.74) is 5.20. The van der Waals surface area contributed by atoms with E-state index in [0.717, 1.165) is 52.7 Å². The number of nitrogens with one attached hydrogen (secondary N) is 2. The zero-order valence-electron chi connectivity index (χ0n) is 18.7. The number of aliphatic hydroxyl groups is 1. The number of aryl methyl sites for hydroxylation is 1. The van der Waals surface area contributed by atoms with Gasteiger partial charge in [0.1, 0.15) is 5.82 Å². The van der Waals surface area contributed by atoms with Crippen molar-refractivity contribution in [2.45, 2.75) is 19.3 Å². The van der Waals surface area contributed by atoms with Gasteiger partial charge in [-0.05, 0) is 36.8 Å². The van der Waals surface area contributed by atoms with Crippen molar-refractivity contribution in [3.63, 3.8) is 0 Å². The van der Waals surface area contributed by atoms with Crippen molar-refractivity contribution in [2.24, 2.45) is 0 Å². The van der Waals surface area contributed by atoms with Crippen molar-refractivity contribution >= 4 is 34.7 Å². The summed E-state index contributed by atoms with van der Waals surface area (Å²) in [6.45, 7) is 7.86. The maximum Gasteiger partial charge on any atom is 0.227 e. The fraction of sp³-hybridized carbons (Fsp3) is 0.375. The van der Waals surface area contributed by atoms with E-state index in [-0.39, 0.29) is 12.0 Å². The SMILES string of the molecule is Cc1cc(N2CCOCC2)c(Cl)cc1Nc1nccc(-c2cnc3c(c2)C(C)(CO)CN3)n1. The van der Waals surface area contributed by atoms with Crippen LogP contribution in [0.3, 0.4) is 0 Å². The minimum absolute atomic E-state index is 0.0508. The molecule has 3 N–H and O–H groups in total. The Morgan fingerprint density at radius 2 is 2.06 bits per heavy atom. The van der Waals surface area contributed by atoms with Gasteiger partial charge in [0.25, 0.3) is 0 Å².